The molecule has 1 atom stereocenters. The fraction of sp³-hybridized carbons (Fsp3) is 0.368. The summed E-state index contributed by atoms with van der Waals surface area (Å²) in [6.45, 7) is 11.4. The summed E-state index contributed by atoms with van der Waals surface area (Å²) in [5.41, 5.74) is 3.52. The average molecular weight is 309 g/mol. The molecule has 1 saturated heterocycles. The number of benzene rings is 1. The number of aromatic nitrogens is 2. The maximum atomic E-state index is 4.49. The van der Waals surface area contributed by atoms with Gasteiger partial charge in [0.15, 0.2) is 0 Å². The van der Waals surface area contributed by atoms with Crippen molar-refractivity contribution in [3.05, 3.63) is 60.6 Å². The molecule has 4 nitrogen and oxygen atoms in total. The summed E-state index contributed by atoms with van der Waals surface area (Å²) < 4.78 is 3.83. The summed E-state index contributed by atoms with van der Waals surface area (Å²) in [6.07, 6.45) is 6.42. The molecule has 120 valence electrons. The van der Waals surface area contributed by atoms with Crippen molar-refractivity contribution in [1.82, 2.24) is 14.7 Å². The monoisotopic (exact) mass is 309 g/mol. The second kappa shape index (κ2) is 6.82. The highest BCUT2D eigenvalue weighted by Gasteiger charge is 2.23. The molecule has 1 unspecified atom stereocenters. The van der Waals surface area contributed by atoms with Crippen molar-refractivity contribution >= 4 is 12.4 Å². The first-order valence-corrected chi connectivity index (χ1v) is 8.20. The molecule has 1 aliphatic rings. The van der Waals surface area contributed by atoms with Crippen molar-refractivity contribution in [3.63, 3.8) is 0 Å². The Morgan fingerprint density at radius 3 is 2.57 bits per heavy atom. The number of likely N-dealkylation sites (tertiary alicyclic amines) is 1. The van der Waals surface area contributed by atoms with Crippen LogP contribution >= 0.6 is 0 Å². The molecule has 0 bridgehead atoms. The zero-order valence-electron chi connectivity index (χ0n) is 13.9. The van der Waals surface area contributed by atoms with Gasteiger partial charge in [-0.2, -0.15) is 5.10 Å². The van der Waals surface area contributed by atoms with Crippen molar-refractivity contribution in [1.29, 1.82) is 0 Å². The van der Waals surface area contributed by atoms with Gasteiger partial charge in [-0.25, -0.2) is 4.58 Å². The van der Waals surface area contributed by atoms with Gasteiger partial charge < -0.3 is 4.90 Å². The lowest BCUT2D eigenvalue weighted by atomic mass is 9.95. The third-order valence-corrected chi connectivity index (χ3v) is 4.55. The van der Waals surface area contributed by atoms with Gasteiger partial charge in [0.2, 0.25) is 5.69 Å². The van der Waals surface area contributed by atoms with Crippen LogP contribution in [0.4, 0.5) is 5.69 Å². The quantitative estimate of drug-likeness (QED) is 0.604. The summed E-state index contributed by atoms with van der Waals surface area (Å²) in [6, 6.07) is 10.6. The van der Waals surface area contributed by atoms with Gasteiger partial charge in [-0.3, -0.25) is 4.68 Å². The summed E-state index contributed by atoms with van der Waals surface area (Å²) in [7, 11) is 1.93. The largest absolute Gasteiger partial charge is 0.375 e. The van der Waals surface area contributed by atoms with Crippen LogP contribution in [0.3, 0.4) is 0 Å². The standard InChI is InChI=1S/C19H25N4/c1-16(22-11-7-8-12-22)19(17-9-5-4-6-10-17)15-23-14-18(13-20-23)21(2)3/h4-6,9-10,13-14,19H,1-2,7-8,11-12,15H2,3H3/q+1. The zero-order chi connectivity index (χ0) is 16.2. The van der Waals surface area contributed by atoms with E-state index in [0.29, 0.717) is 0 Å². The van der Waals surface area contributed by atoms with Crippen molar-refractivity contribution in [3.8, 4) is 0 Å². The fourth-order valence-electron chi connectivity index (χ4n) is 3.15. The molecule has 1 aliphatic heterocycles. The molecule has 1 aromatic heterocycles. The second-order valence-corrected chi connectivity index (χ2v) is 6.27. The predicted molar refractivity (Wildman–Crippen MR) is 94.3 cm³/mol. The van der Waals surface area contributed by atoms with Crippen LogP contribution in [0, 0.1) is 0 Å². The van der Waals surface area contributed by atoms with E-state index in [1.165, 1.54) is 24.1 Å². The number of hydrogen-bond donors (Lipinski definition) is 0. The minimum Gasteiger partial charge on any atom is -0.375 e. The Hall–Kier alpha value is -2.36. The van der Waals surface area contributed by atoms with E-state index < -0.39 is 0 Å². The van der Waals surface area contributed by atoms with Crippen molar-refractivity contribution in [2.24, 2.45) is 0 Å². The first-order valence-electron chi connectivity index (χ1n) is 8.20. The van der Waals surface area contributed by atoms with Crippen molar-refractivity contribution in [2.45, 2.75) is 25.3 Å². The highest BCUT2D eigenvalue weighted by atomic mass is 15.3. The van der Waals surface area contributed by atoms with E-state index in [-0.39, 0.29) is 5.92 Å². The SMILES string of the molecule is C=C(C(Cn1cc([N+](=C)C)cn1)c1ccccc1)N1CCCC1. The molecule has 1 fully saturated rings. The van der Waals surface area contributed by atoms with Gasteiger partial charge in [-0.05, 0) is 18.4 Å². The molecule has 0 spiro atoms. The number of allylic oxidation sites excluding steroid dienone is 1. The lowest BCUT2D eigenvalue weighted by molar-refractivity contribution is -0.394. The molecule has 4 heteroatoms. The topological polar surface area (TPSA) is 24.1 Å². The van der Waals surface area contributed by atoms with E-state index >= 15 is 0 Å². The van der Waals surface area contributed by atoms with Gasteiger partial charge in [-0.15, -0.1) is 0 Å². The van der Waals surface area contributed by atoms with Crippen LogP contribution in [0.25, 0.3) is 0 Å². The number of nitrogens with zero attached hydrogens (tertiary/aromatic N) is 4. The Kier molecular flexibility index (Phi) is 4.60. The molecule has 3 rings (SSSR count). The van der Waals surface area contributed by atoms with Gasteiger partial charge >= 0.3 is 0 Å². The molecule has 2 aromatic rings. The van der Waals surface area contributed by atoms with E-state index in [0.717, 1.165) is 25.3 Å². The summed E-state index contributed by atoms with van der Waals surface area (Å²) in [4.78, 5) is 2.43. The van der Waals surface area contributed by atoms with E-state index in [1.54, 1.807) is 0 Å². The normalized spacial score (nSPS) is 15.6. The predicted octanol–water partition coefficient (Wildman–Crippen LogP) is 3.25. The van der Waals surface area contributed by atoms with E-state index in [2.05, 4.69) is 53.6 Å². The highest BCUT2D eigenvalue weighted by Crippen LogP contribution is 2.30. The Balaban J connectivity index is 1.85. The molecule has 0 saturated carbocycles. The van der Waals surface area contributed by atoms with E-state index in [4.69, 9.17) is 0 Å². The van der Waals surface area contributed by atoms with Crippen LogP contribution in [0.5, 0.6) is 0 Å². The Labute approximate surface area is 138 Å². The zero-order valence-corrected chi connectivity index (χ0v) is 13.9. The van der Waals surface area contributed by atoms with Crippen LogP contribution in [-0.4, -0.2) is 46.1 Å². The number of hydrogen-bond acceptors (Lipinski definition) is 2. The third kappa shape index (κ3) is 3.52. The summed E-state index contributed by atoms with van der Waals surface area (Å²) in [5.74, 6) is 0.247. The van der Waals surface area contributed by atoms with Crippen LogP contribution in [0.1, 0.15) is 24.3 Å². The molecular formula is C19H25N4+. The van der Waals surface area contributed by atoms with Gasteiger partial charge in [-0.1, -0.05) is 36.9 Å². The Bertz CT molecular complexity index is 680. The molecular weight excluding hydrogens is 284 g/mol. The highest BCUT2D eigenvalue weighted by molar-refractivity contribution is 5.30. The van der Waals surface area contributed by atoms with Gasteiger partial charge in [0.1, 0.15) is 20.0 Å². The first kappa shape index (κ1) is 15.5. The molecule has 0 amide bonds. The number of rotatable bonds is 6. The first-order chi connectivity index (χ1) is 11.1. The molecule has 0 radical (unpaired) electrons. The minimum absolute atomic E-state index is 0.247. The van der Waals surface area contributed by atoms with Crippen LogP contribution in [0.2, 0.25) is 0 Å². The minimum atomic E-state index is 0.247. The van der Waals surface area contributed by atoms with Crippen LogP contribution in [0.15, 0.2) is 55.0 Å². The summed E-state index contributed by atoms with van der Waals surface area (Å²) >= 11 is 0. The lowest BCUT2D eigenvalue weighted by Gasteiger charge is -2.28. The fourth-order valence-corrected chi connectivity index (χ4v) is 3.15. The maximum Gasteiger partial charge on any atom is 0.242 e. The third-order valence-electron chi connectivity index (χ3n) is 4.55. The van der Waals surface area contributed by atoms with E-state index in [9.17, 15) is 0 Å². The summed E-state index contributed by atoms with van der Waals surface area (Å²) in [5, 5.41) is 4.49. The molecule has 2 heterocycles. The van der Waals surface area contributed by atoms with Gasteiger partial charge in [0.25, 0.3) is 0 Å². The van der Waals surface area contributed by atoms with Crippen LogP contribution < -0.4 is 0 Å². The maximum absolute atomic E-state index is 4.49. The smallest absolute Gasteiger partial charge is 0.242 e. The van der Waals surface area contributed by atoms with Gasteiger partial charge in [0.05, 0.1) is 12.7 Å². The van der Waals surface area contributed by atoms with Crippen LogP contribution in [-0.2, 0) is 6.54 Å². The Morgan fingerprint density at radius 1 is 1.26 bits per heavy atom. The van der Waals surface area contributed by atoms with Gasteiger partial charge in [0, 0.05) is 24.7 Å². The average Bonchev–Trinajstić information content (AvgIpc) is 3.24. The van der Waals surface area contributed by atoms with Crippen molar-refractivity contribution in [2.75, 3.05) is 20.1 Å². The van der Waals surface area contributed by atoms with Crippen molar-refractivity contribution < 1.29 is 4.58 Å². The van der Waals surface area contributed by atoms with E-state index in [1.807, 2.05) is 28.7 Å². The second-order valence-electron chi connectivity index (χ2n) is 6.27. The molecule has 0 aliphatic carbocycles. The Morgan fingerprint density at radius 2 is 1.96 bits per heavy atom. The molecule has 1 aromatic carbocycles. The molecule has 23 heavy (non-hydrogen) atoms. The lowest BCUT2D eigenvalue weighted by Crippen LogP contribution is -2.25. The molecule has 0 N–H and O–H groups in total.